The monoisotopic (exact) mass is 590 g/mol. The van der Waals surface area contributed by atoms with Crippen molar-refractivity contribution in [1.29, 1.82) is 0 Å². The summed E-state index contributed by atoms with van der Waals surface area (Å²) in [5.41, 5.74) is 2.66. The van der Waals surface area contributed by atoms with Gasteiger partial charge in [-0.1, -0.05) is 70.7 Å². The molecule has 1 heterocycles. The maximum absolute atomic E-state index is 13.7. The van der Waals surface area contributed by atoms with Crippen LogP contribution in [0, 0.1) is 25.7 Å². The number of carbonyl (C=O) groups excluding carboxylic acids is 3. The summed E-state index contributed by atoms with van der Waals surface area (Å²) in [5.74, 6) is -4.52. The van der Waals surface area contributed by atoms with Crippen molar-refractivity contribution in [2.45, 2.75) is 27.9 Å². The van der Waals surface area contributed by atoms with Gasteiger partial charge in [0.1, 0.15) is 9.75 Å². The molecule has 1 aliphatic heterocycles. The van der Waals surface area contributed by atoms with Gasteiger partial charge in [-0.3, -0.25) is 14.4 Å². The van der Waals surface area contributed by atoms with E-state index in [1.54, 1.807) is 18.2 Å². The standard InChI is InChI=1S/C24H16Cl6N2O3/c1-10-6-5-8-13(11(10)2)31-19(33)12-7-3-4-9-14(12)32-20(34)15-16(21(32)35)23(28)18(26)17(25)22(15,27)24(23,29)30/h3-9,15-16H,1-2H3,(H,31,33)/t15-,16-,22-,23-/m1/s1. The number of anilines is 2. The topological polar surface area (TPSA) is 66.5 Å². The third-order valence-corrected chi connectivity index (χ3v) is 11.4. The lowest BCUT2D eigenvalue weighted by atomic mass is 9.84. The van der Waals surface area contributed by atoms with Gasteiger partial charge in [-0.2, -0.15) is 0 Å². The Balaban J connectivity index is 1.57. The molecule has 0 radical (unpaired) electrons. The molecule has 0 aromatic heterocycles. The maximum Gasteiger partial charge on any atom is 0.257 e. The number of fused-ring (bicyclic) bond motifs is 5. The number of halogens is 6. The Morgan fingerprint density at radius 3 is 1.97 bits per heavy atom. The second-order valence-corrected chi connectivity index (χ2v) is 12.1. The van der Waals surface area contributed by atoms with Crippen molar-refractivity contribution in [2.75, 3.05) is 10.2 Å². The van der Waals surface area contributed by atoms with Gasteiger partial charge in [0.25, 0.3) is 5.91 Å². The summed E-state index contributed by atoms with van der Waals surface area (Å²) in [7, 11) is 0. The minimum Gasteiger partial charge on any atom is -0.322 e. The predicted molar refractivity (Wildman–Crippen MR) is 140 cm³/mol. The van der Waals surface area contributed by atoms with E-state index in [0.717, 1.165) is 16.0 Å². The molecule has 5 nitrogen and oxygen atoms in total. The van der Waals surface area contributed by atoms with Crippen LogP contribution in [-0.4, -0.2) is 31.8 Å². The van der Waals surface area contributed by atoms with E-state index in [1.165, 1.54) is 12.1 Å². The maximum atomic E-state index is 13.7. The van der Waals surface area contributed by atoms with Gasteiger partial charge < -0.3 is 5.32 Å². The van der Waals surface area contributed by atoms with Crippen LogP contribution in [0.2, 0.25) is 0 Å². The van der Waals surface area contributed by atoms with Crippen molar-refractivity contribution in [3.05, 3.63) is 69.2 Å². The lowest BCUT2D eigenvalue weighted by molar-refractivity contribution is -0.123. The van der Waals surface area contributed by atoms with E-state index in [-0.39, 0.29) is 21.3 Å². The molecule has 2 aliphatic carbocycles. The number of carbonyl (C=O) groups is 3. The summed E-state index contributed by atoms with van der Waals surface area (Å²) in [6.07, 6.45) is 0. The van der Waals surface area contributed by atoms with Gasteiger partial charge in [0.2, 0.25) is 11.8 Å². The number of imide groups is 1. The van der Waals surface area contributed by atoms with Crippen LogP contribution in [0.3, 0.4) is 0 Å². The fourth-order valence-corrected chi connectivity index (χ4v) is 8.10. The molecule has 1 saturated carbocycles. The van der Waals surface area contributed by atoms with Crippen molar-refractivity contribution in [1.82, 2.24) is 0 Å². The number of aryl methyl sites for hydroxylation is 1. The Kier molecular flexibility index (Phi) is 5.77. The van der Waals surface area contributed by atoms with Gasteiger partial charge in [-0.25, -0.2) is 4.90 Å². The minimum absolute atomic E-state index is 0.0710. The number of para-hydroxylation sites is 1. The van der Waals surface area contributed by atoms with E-state index in [2.05, 4.69) is 5.32 Å². The minimum atomic E-state index is -2.02. The van der Waals surface area contributed by atoms with Crippen LogP contribution in [-0.2, 0) is 9.59 Å². The first kappa shape index (κ1) is 25.2. The number of alkyl halides is 4. The van der Waals surface area contributed by atoms with E-state index in [9.17, 15) is 14.4 Å². The SMILES string of the molecule is Cc1cccc(NC(=O)c2ccccc2N2C(=O)[C@H]3[C@H](C2=O)[C@@]2(Cl)C(Cl)=C(Cl)[C@@]3(Cl)C2(Cl)Cl)c1C. The van der Waals surface area contributed by atoms with E-state index in [4.69, 9.17) is 69.6 Å². The number of amides is 3. The molecule has 2 bridgehead atoms. The average molecular weight is 593 g/mol. The number of rotatable bonds is 3. The molecule has 1 saturated heterocycles. The molecular formula is C24H16Cl6N2O3. The lowest BCUT2D eigenvalue weighted by Gasteiger charge is -2.34. The summed E-state index contributed by atoms with van der Waals surface area (Å²) >= 11 is 39.3. The Morgan fingerprint density at radius 1 is 0.857 bits per heavy atom. The van der Waals surface area contributed by atoms with E-state index in [0.29, 0.717) is 5.69 Å². The van der Waals surface area contributed by atoms with E-state index >= 15 is 0 Å². The molecule has 2 aromatic carbocycles. The molecule has 2 aromatic rings. The highest BCUT2D eigenvalue weighted by Gasteiger charge is 2.87. The normalized spacial score (nSPS) is 30.8. The number of hydrogen-bond acceptors (Lipinski definition) is 3. The van der Waals surface area contributed by atoms with Crippen LogP contribution in [0.4, 0.5) is 11.4 Å². The molecular weight excluding hydrogens is 577 g/mol. The van der Waals surface area contributed by atoms with Gasteiger partial charge in [0.15, 0.2) is 4.33 Å². The Labute approximate surface area is 231 Å². The smallest absolute Gasteiger partial charge is 0.257 e. The highest BCUT2D eigenvalue weighted by atomic mass is 35.5. The van der Waals surface area contributed by atoms with E-state index < -0.39 is 43.6 Å². The average Bonchev–Trinajstić information content (AvgIpc) is 3.20. The zero-order chi connectivity index (χ0) is 25.7. The molecule has 3 aliphatic rings. The molecule has 1 N–H and O–H groups in total. The van der Waals surface area contributed by atoms with Crippen molar-refractivity contribution < 1.29 is 14.4 Å². The second kappa shape index (κ2) is 8.01. The molecule has 35 heavy (non-hydrogen) atoms. The Hall–Kier alpha value is -1.47. The first-order chi connectivity index (χ1) is 16.3. The van der Waals surface area contributed by atoms with Crippen LogP contribution >= 0.6 is 69.6 Å². The fraction of sp³-hybridized carbons (Fsp3) is 0.292. The van der Waals surface area contributed by atoms with Crippen molar-refractivity contribution >= 4 is 98.7 Å². The Bertz CT molecular complexity index is 1330. The zero-order valence-corrected chi connectivity index (χ0v) is 22.7. The Morgan fingerprint density at radius 2 is 1.40 bits per heavy atom. The summed E-state index contributed by atoms with van der Waals surface area (Å²) in [6.45, 7) is 3.81. The van der Waals surface area contributed by atoms with Gasteiger partial charge in [0, 0.05) is 5.69 Å². The third kappa shape index (κ3) is 2.94. The molecule has 11 heteroatoms. The molecule has 0 spiro atoms. The van der Waals surface area contributed by atoms with Crippen LogP contribution in [0.25, 0.3) is 0 Å². The summed E-state index contributed by atoms with van der Waals surface area (Å²) in [4.78, 5) is 37.7. The second-order valence-electron chi connectivity index (χ2n) is 8.81. The van der Waals surface area contributed by atoms with Crippen LogP contribution in [0.1, 0.15) is 21.5 Å². The molecule has 0 unspecified atom stereocenters. The van der Waals surface area contributed by atoms with Crippen molar-refractivity contribution in [2.24, 2.45) is 11.8 Å². The molecule has 2 fully saturated rings. The van der Waals surface area contributed by atoms with Gasteiger partial charge in [-0.15, -0.1) is 23.2 Å². The third-order valence-electron chi connectivity index (χ3n) is 7.15. The number of hydrogen-bond donors (Lipinski definition) is 1. The van der Waals surface area contributed by atoms with Crippen LogP contribution in [0.5, 0.6) is 0 Å². The molecule has 3 amide bonds. The highest BCUT2D eigenvalue weighted by Crippen LogP contribution is 2.77. The molecule has 182 valence electrons. The summed E-state index contributed by atoms with van der Waals surface area (Å²) in [6, 6.07) is 11.7. The van der Waals surface area contributed by atoms with Crippen molar-refractivity contribution in [3.63, 3.8) is 0 Å². The summed E-state index contributed by atoms with van der Waals surface area (Å²) < 4.78 is -2.02. The van der Waals surface area contributed by atoms with Gasteiger partial charge >= 0.3 is 0 Å². The van der Waals surface area contributed by atoms with Crippen LogP contribution < -0.4 is 10.2 Å². The number of benzene rings is 2. The number of nitrogens with one attached hydrogen (secondary N) is 1. The lowest BCUT2D eigenvalue weighted by Crippen LogP contribution is -2.50. The largest absolute Gasteiger partial charge is 0.322 e. The zero-order valence-electron chi connectivity index (χ0n) is 18.1. The van der Waals surface area contributed by atoms with Gasteiger partial charge in [-0.05, 0) is 43.2 Å². The van der Waals surface area contributed by atoms with E-state index in [1.807, 2.05) is 26.0 Å². The predicted octanol–water partition coefficient (Wildman–Crippen LogP) is 6.51. The van der Waals surface area contributed by atoms with Crippen LogP contribution in [0.15, 0.2) is 52.5 Å². The van der Waals surface area contributed by atoms with Crippen molar-refractivity contribution in [3.8, 4) is 0 Å². The van der Waals surface area contributed by atoms with Gasteiger partial charge in [0.05, 0.1) is 33.2 Å². The first-order valence-electron chi connectivity index (χ1n) is 10.5. The molecule has 4 atom stereocenters. The fourth-order valence-electron chi connectivity index (χ4n) is 5.17. The summed E-state index contributed by atoms with van der Waals surface area (Å²) in [5, 5.41) is 2.50. The number of nitrogens with zero attached hydrogens (tertiary/aromatic N) is 1. The quantitative estimate of drug-likeness (QED) is 0.326. The first-order valence-corrected chi connectivity index (χ1v) is 12.7. The number of allylic oxidation sites excluding steroid dienone is 2. The highest BCUT2D eigenvalue weighted by molar-refractivity contribution is 6.67. The molecule has 5 rings (SSSR count).